The van der Waals surface area contributed by atoms with Crippen molar-refractivity contribution in [2.45, 2.75) is 43.7 Å². The van der Waals surface area contributed by atoms with Crippen LogP contribution >= 0.6 is 0 Å². The van der Waals surface area contributed by atoms with Gasteiger partial charge in [-0.15, -0.1) is 0 Å². The van der Waals surface area contributed by atoms with Gasteiger partial charge in [0, 0.05) is 17.9 Å². The normalized spacial score (nSPS) is 25.6. The number of likely N-dealkylation sites (tertiary alicyclic amines) is 1. The summed E-state index contributed by atoms with van der Waals surface area (Å²) in [6, 6.07) is 17.0. The van der Waals surface area contributed by atoms with Crippen LogP contribution in [-0.4, -0.2) is 44.5 Å². The van der Waals surface area contributed by atoms with Crippen LogP contribution in [0.25, 0.3) is 0 Å². The molecule has 1 aliphatic carbocycles. The van der Waals surface area contributed by atoms with Crippen LogP contribution in [-0.2, 0) is 16.9 Å². The number of hydrogen-bond acceptors (Lipinski definition) is 5. The number of oxime groups is 1. The van der Waals surface area contributed by atoms with Crippen LogP contribution in [0, 0.1) is 0 Å². The molecule has 5 nitrogen and oxygen atoms in total. The standard InChI is InChI=1S/C24H30N2O3/c1-26-14-13-24(19-9-10-21(27-2)22(15-19)28-3)12-11-20(16-23(24)26)25-29-17-18-7-5-4-6-8-18/h4-10,15,23H,11-14,16-17H2,1-3H3. The molecule has 0 radical (unpaired) electrons. The third-order valence-corrected chi connectivity index (χ3v) is 6.60. The van der Waals surface area contributed by atoms with Crippen molar-refractivity contribution in [1.29, 1.82) is 0 Å². The minimum atomic E-state index is 0.132. The molecular weight excluding hydrogens is 364 g/mol. The van der Waals surface area contributed by atoms with Gasteiger partial charge in [-0.1, -0.05) is 41.6 Å². The van der Waals surface area contributed by atoms with Crippen LogP contribution < -0.4 is 9.47 Å². The number of fused-ring (bicyclic) bond motifs is 1. The summed E-state index contributed by atoms with van der Waals surface area (Å²) in [4.78, 5) is 8.16. The number of methoxy groups -OCH3 is 2. The number of likely N-dealkylation sites (N-methyl/N-ethyl adjacent to an activating group) is 1. The summed E-state index contributed by atoms with van der Waals surface area (Å²) in [6.07, 6.45) is 4.14. The number of nitrogens with zero attached hydrogens (tertiary/aromatic N) is 2. The van der Waals surface area contributed by atoms with Crippen molar-refractivity contribution in [2.75, 3.05) is 27.8 Å². The van der Waals surface area contributed by atoms with Crippen LogP contribution in [0.3, 0.4) is 0 Å². The molecule has 2 unspecified atom stereocenters. The molecule has 29 heavy (non-hydrogen) atoms. The fourth-order valence-electron chi connectivity index (χ4n) is 4.94. The van der Waals surface area contributed by atoms with Gasteiger partial charge in [-0.2, -0.15) is 0 Å². The van der Waals surface area contributed by atoms with E-state index in [1.807, 2.05) is 24.3 Å². The maximum absolute atomic E-state index is 5.68. The lowest BCUT2D eigenvalue weighted by atomic mass is 9.65. The Morgan fingerprint density at radius 2 is 1.83 bits per heavy atom. The maximum atomic E-state index is 5.68. The zero-order chi connectivity index (χ0) is 20.3. The minimum absolute atomic E-state index is 0.132. The van der Waals surface area contributed by atoms with Crippen molar-refractivity contribution in [1.82, 2.24) is 4.90 Å². The topological polar surface area (TPSA) is 43.3 Å². The van der Waals surface area contributed by atoms with E-state index < -0.39 is 0 Å². The van der Waals surface area contributed by atoms with Crippen molar-refractivity contribution >= 4 is 5.71 Å². The molecule has 0 N–H and O–H groups in total. The first-order valence-electron chi connectivity index (χ1n) is 10.3. The highest BCUT2D eigenvalue weighted by Crippen LogP contribution is 2.49. The summed E-state index contributed by atoms with van der Waals surface area (Å²) in [5.41, 5.74) is 3.78. The van der Waals surface area contributed by atoms with Gasteiger partial charge in [0.05, 0.1) is 19.9 Å². The van der Waals surface area contributed by atoms with Gasteiger partial charge < -0.3 is 19.2 Å². The van der Waals surface area contributed by atoms with Gasteiger partial charge in [0.1, 0.15) is 6.61 Å². The molecule has 2 atom stereocenters. The van der Waals surface area contributed by atoms with Gasteiger partial charge in [0.2, 0.25) is 0 Å². The Bertz CT molecular complexity index is 868. The molecule has 0 amide bonds. The highest BCUT2D eigenvalue weighted by atomic mass is 16.6. The predicted molar refractivity (Wildman–Crippen MR) is 115 cm³/mol. The zero-order valence-corrected chi connectivity index (χ0v) is 17.6. The molecule has 2 aliphatic rings. The largest absolute Gasteiger partial charge is 0.493 e. The smallest absolute Gasteiger partial charge is 0.161 e. The van der Waals surface area contributed by atoms with Crippen molar-refractivity contribution in [2.24, 2.45) is 5.16 Å². The molecule has 1 saturated carbocycles. The molecule has 1 saturated heterocycles. The molecule has 0 bridgehead atoms. The van der Waals surface area contributed by atoms with Crippen LogP contribution in [0.2, 0.25) is 0 Å². The molecule has 1 aliphatic heterocycles. The summed E-state index contributed by atoms with van der Waals surface area (Å²) >= 11 is 0. The lowest BCUT2D eigenvalue weighted by molar-refractivity contribution is 0.125. The average molecular weight is 395 g/mol. The monoisotopic (exact) mass is 394 g/mol. The molecule has 2 aromatic rings. The van der Waals surface area contributed by atoms with Crippen LogP contribution in [0.15, 0.2) is 53.7 Å². The van der Waals surface area contributed by atoms with E-state index in [1.165, 1.54) is 5.56 Å². The lowest BCUT2D eigenvalue weighted by Crippen LogP contribution is -2.46. The Hall–Kier alpha value is -2.53. The Kier molecular flexibility index (Phi) is 5.76. The number of rotatable bonds is 6. The summed E-state index contributed by atoms with van der Waals surface area (Å²) in [5.74, 6) is 1.58. The van der Waals surface area contributed by atoms with Crippen LogP contribution in [0.1, 0.15) is 36.8 Å². The molecule has 5 heteroatoms. The van der Waals surface area contributed by atoms with E-state index in [4.69, 9.17) is 14.3 Å². The van der Waals surface area contributed by atoms with E-state index in [9.17, 15) is 0 Å². The second kappa shape index (κ2) is 8.46. The molecular formula is C24H30N2O3. The first kappa shape index (κ1) is 19.8. The Morgan fingerprint density at radius 3 is 2.59 bits per heavy atom. The maximum Gasteiger partial charge on any atom is 0.161 e. The quantitative estimate of drug-likeness (QED) is 0.681. The molecule has 0 spiro atoms. The van der Waals surface area contributed by atoms with E-state index >= 15 is 0 Å². The third kappa shape index (κ3) is 3.84. The van der Waals surface area contributed by atoms with Gasteiger partial charge in [0.25, 0.3) is 0 Å². The van der Waals surface area contributed by atoms with E-state index in [1.54, 1.807) is 14.2 Å². The van der Waals surface area contributed by atoms with E-state index in [-0.39, 0.29) is 5.41 Å². The average Bonchev–Trinajstić information content (AvgIpc) is 3.11. The molecule has 0 aromatic heterocycles. The predicted octanol–water partition coefficient (Wildman–Crippen LogP) is 4.40. The Balaban J connectivity index is 1.52. The fourth-order valence-corrected chi connectivity index (χ4v) is 4.94. The summed E-state index contributed by atoms with van der Waals surface area (Å²) in [5, 5.41) is 4.50. The molecule has 1 heterocycles. The van der Waals surface area contributed by atoms with Gasteiger partial charge >= 0.3 is 0 Å². The van der Waals surface area contributed by atoms with Crippen molar-refractivity contribution in [3.63, 3.8) is 0 Å². The zero-order valence-electron chi connectivity index (χ0n) is 17.6. The third-order valence-electron chi connectivity index (χ3n) is 6.60. The highest BCUT2D eigenvalue weighted by Gasteiger charge is 2.50. The molecule has 2 fully saturated rings. The van der Waals surface area contributed by atoms with Crippen LogP contribution in [0.5, 0.6) is 11.5 Å². The van der Waals surface area contributed by atoms with Gasteiger partial charge in [0.15, 0.2) is 11.5 Å². The van der Waals surface area contributed by atoms with E-state index in [0.717, 1.165) is 55.0 Å². The SMILES string of the molecule is COc1ccc(C23CCC(=NOCc4ccccc4)CC2N(C)CC3)cc1OC. The van der Waals surface area contributed by atoms with E-state index in [0.29, 0.717) is 12.6 Å². The lowest BCUT2D eigenvalue weighted by Gasteiger charge is -2.42. The van der Waals surface area contributed by atoms with Crippen molar-refractivity contribution in [3.8, 4) is 11.5 Å². The second-order valence-corrected chi connectivity index (χ2v) is 8.09. The Morgan fingerprint density at radius 1 is 1.03 bits per heavy atom. The van der Waals surface area contributed by atoms with Crippen molar-refractivity contribution < 1.29 is 14.3 Å². The second-order valence-electron chi connectivity index (χ2n) is 8.09. The summed E-state index contributed by atoms with van der Waals surface area (Å²) < 4.78 is 11.0. The highest BCUT2D eigenvalue weighted by molar-refractivity contribution is 5.86. The van der Waals surface area contributed by atoms with Crippen molar-refractivity contribution in [3.05, 3.63) is 59.7 Å². The van der Waals surface area contributed by atoms with Gasteiger partial charge in [-0.05, 0) is 56.1 Å². The molecule has 2 aromatic carbocycles. The number of benzene rings is 2. The van der Waals surface area contributed by atoms with Crippen LogP contribution in [0.4, 0.5) is 0 Å². The van der Waals surface area contributed by atoms with Gasteiger partial charge in [-0.3, -0.25) is 0 Å². The number of ether oxygens (including phenoxy) is 2. The number of hydrogen-bond donors (Lipinski definition) is 0. The van der Waals surface area contributed by atoms with Gasteiger partial charge in [-0.25, -0.2) is 0 Å². The first-order valence-corrected chi connectivity index (χ1v) is 10.3. The van der Waals surface area contributed by atoms with E-state index in [2.05, 4.69) is 41.4 Å². The summed E-state index contributed by atoms with van der Waals surface area (Å²) in [6.45, 7) is 1.61. The first-order chi connectivity index (χ1) is 14.2. The fraction of sp³-hybridized carbons (Fsp3) is 0.458. The molecule has 4 rings (SSSR count). The minimum Gasteiger partial charge on any atom is -0.493 e. The Labute approximate surface area is 173 Å². The molecule has 154 valence electrons. The summed E-state index contributed by atoms with van der Waals surface area (Å²) in [7, 11) is 5.61.